The van der Waals surface area contributed by atoms with Crippen LogP contribution in [-0.4, -0.2) is 87.3 Å². The molecule has 4 heterocycles. The molecule has 0 radical (unpaired) electrons. The summed E-state index contributed by atoms with van der Waals surface area (Å²) in [6.45, 7) is 6.94. The van der Waals surface area contributed by atoms with E-state index in [0.29, 0.717) is 29.8 Å². The number of nitrogens with zero attached hydrogens (tertiary/aromatic N) is 5. The van der Waals surface area contributed by atoms with Crippen LogP contribution in [0.25, 0.3) is 27.8 Å². The summed E-state index contributed by atoms with van der Waals surface area (Å²) < 4.78 is 7.51. The highest BCUT2D eigenvalue weighted by molar-refractivity contribution is 5.92. The fourth-order valence-corrected chi connectivity index (χ4v) is 5.36. The largest absolute Gasteiger partial charge is 0.487 e. The third kappa shape index (κ3) is 5.06. The number of H-pyrrole nitrogens is 1. The number of pyridine rings is 1. The minimum atomic E-state index is -0.0676. The number of aliphatic hydroxyl groups is 1. The van der Waals surface area contributed by atoms with Crippen LogP contribution in [0.15, 0.2) is 36.8 Å². The first-order valence-electron chi connectivity index (χ1n) is 13.0. The smallest absolute Gasteiger partial charge is 0.236 e. The zero-order valence-corrected chi connectivity index (χ0v) is 22.1. The Balaban J connectivity index is 1.46. The topological polar surface area (TPSA) is 99.0 Å². The highest BCUT2D eigenvalue weighted by Crippen LogP contribution is 2.39. The Labute approximate surface area is 217 Å². The lowest BCUT2D eigenvalue weighted by Gasteiger charge is -2.32. The number of likely N-dealkylation sites (N-methyl/N-ethyl adjacent to an activating group) is 1. The second kappa shape index (κ2) is 10.5. The van der Waals surface area contributed by atoms with Gasteiger partial charge in [0.15, 0.2) is 11.4 Å². The number of aliphatic hydroxyl groups excluding tert-OH is 1. The summed E-state index contributed by atoms with van der Waals surface area (Å²) in [5.41, 5.74) is 6.36. The van der Waals surface area contributed by atoms with Gasteiger partial charge in [-0.1, -0.05) is 19.9 Å². The predicted octanol–water partition coefficient (Wildman–Crippen LogP) is 3.64. The summed E-state index contributed by atoms with van der Waals surface area (Å²) in [7, 11) is 3.63. The molecule has 1 fully saturated rings. The lowest BCUT2D eigenvalue weighted by Crippen LogP contribution is -2.40. The molecule has 0 unspecified atom stereocenters. The first kappa shape index (κ1) is 25.2. The second-order valence-electron chi connectivity index (χ2n) is 10.4. The van der Waals surface area contributed by atoms with Crippen LogP contribution < -0.4 is 4.74 Å². The highest BCUT2D eigenvalue weighted by Gasteiger charge is 2.24. The Morgan fingerprint density at radius 1 is 1.24 bits per heavy atom. The molecule has 9 heteroatoms. The summed E-state index contributed by atoms with van der Waals surface area (Å²) in [4.78, 5) is 24.0. The standard InChI is InChI=1S/C28H36N6O3/c1-18(2)26-22-13-20(19-7-9-33(10-8-19)16-25(36)32(3)4)5-6-23(22)31-27(26)21-14-24(37-12-11-35)28-29-17-30-34(28)15-21/h5-6,13-15,17-19,31,35H,7-12,16H2,1-4H3. The Morgan fingerprint density at radius 2 is 2.03 bits per heavy atom. The maximum atomic E-state index is 12.1. The number of likely N-dealkylation sites (tertiary alicyclic amines) is 1. The van der Waals surface area contributed by atoms with Gasteiger partial charge in [-0.2, -0.15) is 5.10 Å². The Kier molecular flexibility index (Phi) is 7.17. The molecular formula is C28H36N6O3. The van der Waals surface area contributed by atoms with Gasteiger partial charge >= 0.3 is 0 Å². The Hall–Kier alpha value is -3.43. The van der Waals surface area contributed by atoms with E-state index in [2.05, 4.69) is 52.0 Å². The van der Waals surface area contributed by atoms with Crippen molar-refractivity contribution >= 4 is 22.5 Å². The second-order valence-corrected chi connectivity index (χ2v) is 10.4. The van der Waals surface area contributed by atoms with E-state index in [4.69, 9.17) is 4.74 Å². The number of fused-ring (bicyclic) bond motifs is 2. The van der Waals surface area contributed by atoms with Crippen LogP contribution in [0.1, 0.15) is 49.7 Å². The van der Waals surface area contributed by atoms with Crippen LogP contribution in [-0.2, 0) is 4.79 Å². The van der Waals surface area contributed by atoms with Gasteiger partial charge in [0.05, 0.1) is 18.8 Å². The molecule has 1 saturated heterocycles. The van der Waals surface area contributed by atoms with Crippen LogP contribution in [0.3, 0.4) is 0 Å². The van der Waals surface area contributed by atoms with Gasteiger partial charge in [0, 0.05) is 36.8 Å². The molecule has 0 spiro atoms. The zero-order chi connectivity index (χ0) is 26.1. The van der Waals surface area contributed by atoms with Crippen molar-refractivity contribution in [3.05, 3.63) is 47.9 Å². The average Bonchev–Trinajstić information content (AvgIpc) is 3.52. The number of nitrogens with one attached hydrogen (secondary N) is 1. The number of ether oxygens (including phenoxy) is 1. The van der Waals surface area contributed by atoms with Gasteiger partial charge in [-0.15, -0.1) is 0 Å². The van der Waals surface area contributed by atoms with E-state index in [1.54, 1.807) is 9.42 Å². The number of rotatable bonds is 8. The molecule has 0 atom stereocenters. The first-order chi connectivity index (χ1) is 17.9. The van der Waals surface area contributed by atoms with Gasteiger partial charge in [-0.25, -0.2) is 9.50 Å². The third-order valence-electron chi connectivity index (χ3n) is 7.34. The predicted molar refractivity (Wildman–Crippen MR) is 144 cm³/mol. The van der Waals surface area contributed by atoms with Gasteiger partial charge in [-0.3, -0.25) is 9.69 Å². The van der Waals surface area contributed by atoms with E-state index < -0.39 is 0 Å². The van der Waals surface area contributed by atoms with Crippen LogP contribution >= 0.6 is 0 Å². The SMILES string of the molecule is CC(C)c1c(-c2cc(OCCO)c3ncnn3c2)[nH]c2ccc(C3CCN(CC(=O)N(C)C)CC3)cc12. The van der Waals surface area contributed by atoms with Crippen LogP contribution in [0.4, 0.5) is 0 Å². The molecule has 196 valence electrons. The molecule has 1 aliphatic heterocycles. The molecule has 0 saturated carbocycles. The molecule has 1 aromatic carbocycles. The van der Waals surface area contributed by atoms with Crippen molar-refractivity contribution in [1.29, 1.82) is 0 Å². The number of hydrogen-bond donors (Lipinski definition) is 2. The quantitative estimate of drug-likeness (QED) is 0.380. The van der Waals surface area contributed by atoms with Crippen molar-refractivity contribution in [3.63, 3.8) is 0 Å². The molecule has 0 bridgehead atoms. The molecule has 9 nitrogen and oxygen atoms in total. The molecule has 37 heavy (non-hydrogen) atoms. The summed E-state index contributed by atoms with van der Waals surface area (Å²) in [5.74, 6) is 1.54. The summed E-state index contributed by atoms with van der Waals surface area (Å²) in [6, 6.07) is 8.77. The van der Waals surface area contributed by atoms with E-state index in [1.165, 1.54) is 22.8 Å². The normalized spacial score (nSPS) is 15.2. The summed E-state index contributed by atoms with van der Waals surface area (Å²) in [5, 5.41) is 14.8. The van der Waals surface area contributed by atoms with Crippen molar-refractivity contribution in [2.45, 2.75) is 38.5 Å². The number of amides is 1. The van der Waals surface area contributed by atoms with Crippen molar-refractivity contribution in [1.82, 2.24) is 29.4 Å². The Morgan fingerprint density at radius 3 is 2.73 bits per heavy atom. The maximum Gasteiger partial charge on any atom is 0.236 e. The molecule has 1 aliphatic rings. The highest BCUT2D eigenvalue weighted by atomic mass is 16.5. The number of hydrogen-bond acceptors (Lipinski definition) is 6. The number of piperidine rings is 1. The lowest BCUT2D eigenvalue weighted by atomic mass is 9.87. The molecule has 3 aromatic heterocycles. The van der Waals surface area contributed by atoms with E-state index in [1.807, 2.05) is 26.4 Å². The molecule has 1 amide bonds. The summed E-state index contributed by atoms with van der Waals surface area (Å²) >= 11 is 0. The van der Waals surface area contributed by atoms with Crippen LogP contribution in [0.5, 0.6) is 5.75 Å². The van der Waals surface area contributed by atoms with Gasteiger partial charge in [0.1, 0.15) is 12.9 Å². The molecule has 2 N–H and O–H groups in total. The molecule has 4 aromatic rings. The summed E-state index contributed by atoms with van der Waals surface area (Å²) in [6.07, 6.45) is 5.58. The molecule has 0 aliphatic carbocycles. The van der Waals surface area contributed by atoms with E-state index in [9.17, 15) is 9.90 Å². The third-order valence-corrected chi connectivity index (χ3v) is 7.34. The number of benzene rings is 1. The minimum Gasteiger partial charge on any atom is -0.487 e. The van der Waals surface area contributed by atoms with Crippen LogP contribution in [0.2, 0.25) is 0 Å². The van der Waals surface area contributed by atoms with Crippen molar-refractivity contribution in [2.24, 2.45) is 0 Å². The number of aromatic amines is 1. The fraction of sp³-hybridized carbons (Fsp3) is 0.464. The van der Waals surface area contributed by atoms with Crippen molar-refractivity contribution in [2.75, 3.05) is 46.9 Å². The van der Waals surface area contributed by atoms with Crippen molar-refractivity contribution < 1.29 is 14.6 Å². The average molecular weight is 505 g/mol. The number of carbonyl (C=O) groups excluding carboxylic acids is 1. The minimum absolute atomic E-state index is 0.0676. The maximum absolute atomic E-state index is 12.1. The van der Waals surface area contributed by atoms with Gasteiger partial charge in [0.25, 0.3) is 0 Å². The van der Waals surface area contributed by atoms with E-state index in [0.717, 1.165) is 42.7 Å². The van der Waals surface area contributed by atoms with E-state index >= 15 is 0 Å². The monoisotopic (exact) mass is 504 g/mol. The molecular weight excluding hydrogens is 468 g/mol. The number of aromatic nitrogens is 4. The van der Waals surface area contributed by atoms with Crippen LogP contribution in [0, 0.1) is 0 Å². The lowest BCUT2D eigenvalue weighted by molar-refractivity contribution is -0.130. The van der Waals surface area contributed by atoms with Gasteiger partial charge in [0.2, 0.25) is 5.91 Å². The van der Waals surface area contributed by atoms with Gasteiger partial charge < -0.3 is 19.7 Å². The zero-order valence-electron chi connectivity index (χ0n) is 22.1. The van der Waals surface area contributed by atoms with Gasteiger partial charge in [-0.05, 0) is 67.1 Å². The fourth-order valence-electron chi connectivity index (χ4n) is 5.36. The van der Waals surface area contributed by atoms with E-state index in [-0.39, 0.29) is 19.1 Å². The van der Waals surface area contributed by atoms with Crippen molar-refractivity contribution in [3.8, 4) is 17.0 Å². The molecule has 5 rings (SSSR count). The Bertz CT molecular complexity index is 1400. The number of carbonyl (C=O) groups is 1. The first-order valence-corrected chi connectivity index (χ1v) is 13.0.